The van der Waals surface area contributed by atoms with Crippen molar-refractivity contribution in [2.75, 3.05) is 13.6 Å². The van der Waals surface area contributed by atoms with Gasteiger partial charge < -0.3 is 15.5 Å². The highest BCUT2D eigenvalue weighted by Crippen LogP contribution is 2.18. The molecule has 3 N–H and O–H groups in total. The van der Waals surface area contributed by atoms with Crippen LogP contribution in [-0.4, -0.2) is 29.9 Å². The maximum absolute atomic E-state index is 9.85. The van der Waals surface area contributed by atoms with Crippen molar-refractivity contribution in [1.29, 1.82) is 0 Å². The van der Waals surface area contributed by atoms with Crippen LogP contribution in [0.2, 0.25) is 0 Å². The summed E-state index contributed by atoms with van der Waals surface area (Å²) in [5.74, 6) is 2.50. The molecule has 0 aromatic heterocycles. The normalized spacial score (nSPS) is 14.1. The molecule has 16 heavy (non-hydrogen) atoms. The van der Waals surface area contributed by atoms with Gasteiger partial charge in [0, 0.05) is 5.56 Å². The van der Waals surface area contributed by atoms with Crippen LogP contribution in [0.1, 0.15) is 23.7 Å². The second-order valence-corrected chi connectivity index (χ2v) is 3.67. The Hall–Kier alpha value is -1.34. The van der Waals surface area contributed by atoms with Gasteiger partial charge in [0.05, 0.1) is 6.10 Å². The van der Waals surface area contributed by atoms with Crippen molar-refractivity contribution in [3.05, 3.63) is 35.4 Å². The van der Waals surface area contributed by atoms with Crippen LogP contribution in [0.15, 0.2) is 24.3 Å². The van der Waals surface area contributed by atoms with Gasteiger partial charge in [-0.15, -0.1) is 6.42 Å². The molecule has 0 aliphatic carbocycles. The molecule has 1 aromatic carbocycles. The van der Waals surface area contributed by atoms with E-state index in [-0.39, 0.29) is 0 Å². The Balaban J connectivity index is 2.65. The molecule has 1 aromatic rings. The molecule has 0 spiro atoms. The minimum absolute atomic E-state index is 0.508. The first kappa shape index (κ1) is 12.7. The van der Waals surface area contributed by atoms with Crippen molar-refractivity contribution in [3.63, 3.8) is 0 Å². The van der Waals surface area contributed by atoms with Crippen LogP contribution in [0.3, 0.4) is 0 Å². The van der Waals surface area contributed by atoms with E-state index in [2.05, 4.69) is 11.2 Å². The lowest BCUT2D eigenvalue weighted by molar-refractivity contribution is 0.0140. The summed E-state index contributed by atoms with van der Waals surface area (Å²) in [7, 11) is 1.81. The molecule has 0 saturated heterocycles. The highest BCUT2D eigenvalue weighted by atomic mass is 16.3. The van der Waals surface area contributed by atoms with Crippen molar-refractivity contribution in [3.8, 4) is 12.3 Å². The zero-order valence-corrected chi connectivity index (χ0v) is 9.35. The Morgan fingerprint density at radius 2 is 1.94 bits per heavy atom. The summed E-state index contributed by atoms with van der Waals surface area (Å²) in [5.41, 5.74) is 1.45. The molecule has 0 aliphatic rings. The van der Waals surface area contributed by atoms with Crippen molar-refractivity contribution >= 4 is 0 Å². The summed E-state index contributed by atoms with van der Waals surface area (Å²) < 4.78 is 0. The first-order valence-corrected chi connectivity index (χ1v) is 5.26. The number of aliphatic hydroxyl groups excluding tert-OH is 2. The van der Waals surface area contributed by atoms with Gasteiger partial charge in [-0.2, -0.15) is 0 Å². The molecule has 2 unspecified atom stereocenters. The predicted octanol–water partition coefficient (Wildman–Crippen LogP) is 0.672. The van der Waals surface area contributed by atoms with Gasteiger partial charge in [0.2, 0.25) is 0 Å². The SMILES string of the molecule is C#Cc1ccc(C(O)C(O)CCNC)cc1. The highest BCUT2D eigenvalue weighted by molar-refractivity contribution is 5.35. The van der Waals surface area contributed by atoms with E-state index in [1.807, 2.05) is 0 Å². The number of terminal acetylenes is 1. The number of benzene rings is 1. The van der Waals surface area contributed by atoms with Gasteiger partial charge in [0.25, 0.3) is 0 Å². The second kappa shape index (κ2) is 6.29. The molecule has 3 heteroatoms. The smallest absolute Gasteiger partial charge is 0.105 e. The summed E-state index contributed by atoms with van der Waals surface area (Å²) in [5, 5.41) is 22.5. The van der Waals surface area contributed by atoms with E-state index in [0.29, 0.717) is 18.5 Å². The summed E-state index contributed by atoms with van der Waals surface area (Å²) in [6, 6.07) is 6.98. The molecule has 0 amide bonds. The highest BCUT2D eigenvalue weighted by Gasteiger charge is 2.17. The van der Waals surface area contributed by atoms with Crippen LogP contribution in [0, 0.1) is 12.3 Å². The molecule has 1 rings (SSSR count). The third-order valence-corrected chi connectivity index (χ3v) is 2.47. The Kier molecular flexibility index (Phi) is 5.00. The fourth-order valence-corrected chi connectivity index (χ4v) is 1.45. The van der Waals surface area contributed by atoms with E-state index < -0.39 is 12.2 Å². The predicted molar refractivity (Wildman–Crippen MR) is 63.9 cm³/mol. The Labute approximate surface area is 96.1 Å². The third kappa shape index (κ3) is 3.35. The molecule has 0 heterocycles. The van der Waals surface area contributed by atoms with Crippen LogP contribution in [0.5, 0.6) is 0 Å². The quantitative estimate of drug-likeness (QED) is 0.638. The van der Waals surface area contributed by atoms with E-state index in [0.717, 1.165) is 5.56 Å². The van der Waals surface area contributed by atoms with E-state index in [1.165, 1.54) is 0 Å². The van der Waals surface area contributed by atoms with Gasteiger partial charge in [0.1, 0.15) is 6.10 Å². The Morgan fingerprint density at radius 1 is 1.31 bits per heavy atom. The van der Waals surface area contributed by atoms with E-state index >= 15 is 0 Å². The van der Waals surface area contributed by atoms with E-state index in [4.69, 9.17) is 6.42 Å². The fraction of sp³-hybridized carbons (Fsp3) is 0.385. The second-order valence-electron chi connectivity index (χ2n) is 3.67. The first-order valence-electron chi connectivity index (χ1n) is 5.26. The Morgan fingerprint density at radius 3 is 2.44 bits per heavy atom. The minimum Gasteiger partial charge on any atom is -0.390 e. The topological polar surface area (TPSA) is 52.5 Å². The zero-order chi connectivity index (χ0) is 12.0. The van der Waals surface area contributed by atoms with E-state index in [9.17, 15) is 10.2 Å². The van der Waals surface area contributed by atoms with Crippen LogP contribution >= 0.6 is 0 Å². The van der Waals surface area contributed by atoms with Crippen molar-refractivity contribution in [2.45, 2.75) is 18.6 Å². The lowest BCUT2D eigenvalue weighted by Gasteiger charge is -2.18. The number of nitrogens with one attached hydrogen (secondary N) is 1. The van der Waals surface area contributed by atoms with Gasteiger partial charge in [-0.1, -0.05) is 18.1 Å². The average molecular weight is 219 g/mol. The monoisotopic (exact) mass is 219 g/mol. The molecular weight excluding hydrogens is 202 g/mol. The van der Waals surface area contributed by atoms with Crippen LogP contribution in [0.4, 0.5) is 0 Å². The molecule has 86 valence electrons. The number of hydrogen-bond donors (Lipinski definition) is 3. The van der Waals surface area contributed by atoms with Gasteiger partial charge >= 0.3 is 0 Å². The van der Waals surface area contributed by atoms with Gasteiger partial charge in [-0.05, 0) is 37.7 Å². The van der Waals surface area contributed by atoms with Crippen LogP contribution < -0.4 is 5.32 Å². The molecule has 0 radical (unpaired) electrons. The first-order chi connectivity index (χ1) is 7.69. The lowest BCUT2D eigenvalue weighted by Crippen LogP contribution is -2.23. The molecule has 0 saturated carbocycles. The van der Waals surface area contributed by atoms with Crippen LogP contribution in [0.25, 0.3) is 0 Å². The summed E-state index contributed by atoms with van der Waals surface area (Å²) in [6.45, 7) is 0.667. The number of hydrogen-bond acceptors (Lipinski definition) is 3. The number of rotatable bonds is 5. The van der Waals surface area contributed by atoms with Gasteiger partial charge in [-0.3, -0.25) is 0 Å². The van der Waals surface area contributed by atoms with Crippen LogP contribution in [-0.2, 0) is 0 Å². The molecular formula is C13H17NO2. The molecule has 0 aliphatic heterocycles. The molecule has 2 atom stereocenters. The van der Waals surface area contributed by atoms with Crippen molar-refractivity contribution in [2.24, 2.45) is 0 Å². The molecule has 0 bridgehead atoms. The lowest BCUT2D eigenvalue weighted by atomic mass is 10.0. The van der Waals surface area contributed by atoms with Crippen molar-refractivity contribution in [1.82, 2.24) is 5.32 Å². The number of aliphatic hydroxyl groups is 2. The van der Waals surface area contributed by atoms with Crippen molar-refractivity contribution < 1.29 is 10.2 Å². The maximum Gasteiger partial charge on any atom is 0.105 e. The van der Waals surface area contributed by atoms with Gasteiger partial charge in [0.15, 0.2) is 0 Å². The maximum atomic E-state index is 9.85. The third-order valence-electron chi connectivity index (χ3n) is 2.47. The standard InChI is InChI=1S/C13H17NO2/c1-3-10-4-6-11(7-5-10)13(16)12(15)8-9-14-2/h1,4-7,12-16H,8-9H2,2H3. The largest absolute Gasteiger partial charge is 0.390 e. The summed E-state index contributed by atoms with van der Waals surface area (Å²) in [4.78, 5) is 0. The molecule has 3 nitrogen and oxygen atoms in total. The Bertz CT molecular complexity index is 353. The molecule has 0 fully saturated rings. The summed E-state index contributed by atoms with van der Waals surface area (Å²) >= 11 is 0. The average Bonchev–Trinajstić information content (AvgIpc) is 2.35. The van der Waals surface area contributed by atoms with Gasteiger partial charge in [-0.25, -0.2) is 0 Å². The zero-order valence-electron chi connectivity index (χ0n) is 9.35. The summed E-state index contributed by atoms with van der Waals surface area (Å²) in [6.07, 6.45) is 4.12. The minimum atomic E-state index is -0.861. The fourth-order valence-electron chi connectivity index (χ4n) is 1.45. The van der Waals surface area contributed by atoms with E-state index in [1.54, 1.807) is 31.3 Å².